The lowest BCUT2D eigenvalue weighted by molar-refractivity contribution is 0.435. The molecule has 0 aromatic heterocycles. The molecule has 2 aliphatic rings. The summed E-state index contributed by atoms with van der Waals surface area (Å²) in [4.78, 5) is 3.24. The number of rotatable bonds is 3. The van der Waals surface area contributed by atoms with E-state index in [4.69, 9.17) is 0 Å². The first-order valence-electron chi connectivity index (χ1n) is 8.98. The van der Waals surface area contributed by atoms with Crippen LogP contribution >= 0.6 is 12.4 Å². The van der Waals surface area contributed by atoms with E-state index in [0.717, 1.165) is 50.0 Å². The van der Waals surface area contributed by atoms with Crippen molar-refractivity contribution in [1.82, 2.24) is 5.32 Å². The number of fused-ring (bicyclic) bond motifs is 1. The summed E-state index contributed by atoms with van der Waals surface area (Å²) in [6, 6.07) is 13.3. The van der Waals surface area contributed by atoms with Crippen molar-refractivity contribution in [3.63, 3.8) is 0 Å². The van der Waals surface area contributed by atoms with Crippen LogP contribution in [-0.4, -0.2) is 34.1 Å². The van der Waals surface area contributed by atoms with Gasteiger partial charge in [0.2, 0.25) is 9.84 Å². The van der Waals surface area contributed by atoms with Gasteiger partial charge in [0, 0.05) is 18.3 Å². The minimum atomic E-state index is -3.45. The summed E-state index contributed by atoms with van der Waals surface area (Å²) in [7, 11) is -3.45. The molecule has 0 aliphatic carbocycles. The fourth-order valence-corrected chi connectivity index (χ4v) is 5.23. The third-order valence-corrected chi connectivity index (χ3v) is 7.14. The summed E-state index contributed by atoms with van der Waals surface area (Å²) < 4.78 is 25.8. The van der Waals surface area contributed by atoms with Crippen LogP contribution < -0.4 is 10.2 Å². The van der Waals surface area contributed by atoms with Gasteiger partial charge in [0.15, 0.2) is 0 Å². The number of anilines is 1. The summed E-state index contributed by atoms with van der Waals surface area (Å²) in [5.74, 6) is 0. The van der Waals surface area contributed by atoms with Crippen molar-refractivity contribution < 1.29 is 8.42 Å². The van der Waals surface area contributed by atoms with Crippen molar-refractivity contribution in [2.45, 2.75) is 42.0 Å². The molecule has 0 atom stereocenters. The standard InChI is InChI=1S/C20H24N2O2S.ClH/c1-15-2-4-18(5-3-15)25(23,24)19-6-7-20-16(14-19)10-13-22(20)17-8-11-21-12-9-17;/h2-7,14,17,21H,8-13H2,1H3;1H. The number of hydrogen-bond acceptors (Lipinski definition) is 4. The fourth-order valence-electron chi connectivity index (χ4n) is 3.92. The first-order valence-corrected chi connectivity index (χ1v) is 10.5. The number of hydrogen-bond donors (Lipinski definition) is 1. The van der Waals surface area contributed by atoms with Gasteiger partial charge in [-0.25, -0.2) is 8.42 Å². The highest BCUT2D eigenvalue weighted by molar-refractivity contribution is 7.91. The normalized spacial score (nSPS) is 17.7. The average Bonchev–Trinajstić information content (AvgIpc) is 3.06. The minimum absolute atomic E-state index is 0. The first kappa shape index (κ1) is 19.2. The Bertz CT molecular complexity index is 875. The highest BCUT2D eigenvalue weighted by atomic mass is 35.5. The smallest absolute Gasteiger partial charge is 0.206 e. The molecule has 4 rings (SSSR count). The number of benzene rings is 2. The molecular formula is C20H25ClN2O2S. The number of halogens is 1. The van der Waals surface area contributed by atoms with Crippen molar-refractivity contribution >= 4 is 27.9 Å². The lowest BCUT2D eigenvalue weighted by Gasteiger charge is -2.33. The monoisotopic (exact) mass is 392 g/mol. The van der Waals surface area contributed by atoms with Crippen LogP contribution in [0.3, 0.4) is 0 Å². The Morgan fingerprint density at radius 2 is 1.65 bits per heavy atom. The predicted molar refractivity (Wildman–Crippen MR) is 107 cm³/mol. The average molecular weight is 393 g/mol. The summed E-state index contributed by atoms with van der Waals surface area (Å²) in [5.41, 5.74) is 3.44. The molecule has 0 unspecified atom stereocenters. The summed E-state index contributed by atoms with van der Waals surface area (Å²) in [5, 5.41) is 3.41. The second-order valence-corrected chi connectivity index (χ2v) is 8.98. The Balaban J connectivity index is 0.00000196. The SMILES string of the molecule is Cc1ccc(S(=O)(=O)c2ccc3c(c2)CCN3C2CCNCC2)cc1.Cl. The fraction of sp³-hybridized carbons (Fsp3) is 0.400. The molecule has 1 N–H and O–H groups in total. The number of aryl methyl sites for hydroxylation is 1. The Morgan fingerprint density at radius 3 is 2.35 bits per heavy atom. The van der Waals surface area contributed by atoms with Crippen LogP contribution in [0.4, 0.5) is 5.69 Å². The number of nitrogens with one attached hydrogen (secondary N) is 1. The van der Waals surface area contributed by atoms with Gasteiger partial charge >= 0.3 is 0 Å². The lowest BCUT2D eigenvalue weighted by Crippen LogP contribution is -2.42. The Hall–Kier alpha value is -1.56. The molecule has 1 saturated heterocycles. The van der Waals surface area contributed by atoms with E-state index in [2.05, 4.69) is 10.2 Å². The maximum Gasteiger partial charge on any atom is 0.206 e. The van der Waals surface area contributed by atoms with Gasteiger partial charge in [-0.1, -0.05) is 17.7 Å². The molecule has 0 amide bonds. The van der Waals surface area contributed by atoms with Crippen molar-refractivity contribution in [2.75, 3.05) is 24.5 Å². The van der Waals surface area contributed by atoms with E-state index in [1.165, 1.54) is 5.69 Å². The predicted octanol–water partition coefficient (Wildman–Crippen LogP) is 3.36. The molecule has 140 valence electrons. The van der Waals surface area contributed by atoms with Crippen LogP contribution in [0.15, 0.2) is 52.3 Å². The van der Waals surface area contributed by atoms with Gasteiger partial charge < -0.3 is 10.2 Å². The van der Waals surface area contributed by atoms with E-state index in [1.54, 1.807) is 18.2 Å². The van der Waals surface area contributed by atoms with Gasteiger partial charge in [-0.05, 0) is 75.2 Å². The topological polar surface area (TPSA) is 49.4 Å². The van der Waals surface area contributed by atoms with Gasteiger partial charge in [0.05, 0.1) is 9.79 Å². The molecule has 2 aromatic carbocycles. The molecule has 0 bridgehead atoms. The number of sulfone groups is 1. The maximum atomic E-state index is 12.9. The van der Waals surface area contributed by atoms with E-state index in [1.807, 2.05) is 31.2 Å². The number of nitrogens with zero attached hydrogens (tertiary/aromatic N) is 1. The van der Waals surface area contributed by atoms with E-state index < -0.39 is 9.84 Å². The third kappa shape index (κ3) is 3.48. The van der Waals surface area contributed by atoms with E-state index in [-0.39, 0.29) is 12.4 Å². The van der Waals surface area contributed by atoms with Gasteiger partial charge in [-0.15, -0.1) is 12.4 Å². The molecule has 2 aliphatic heterocycles. The zero-order valence-corrected chi connectivity index (χ0v) is 16.6. The Labute approximate surface area is 161 Å². The zero-order valence-electron chi connectivity index (χ0n) is 14.9. The maximum absolute atomic E-state index is 12.9. The quantitative estimate of drug-likeness (QED) is 0.870. The summed E-state index contributed by atoms with van der Waals surface area (Å²) >= 11 is 0. The molecule has 0 saturated carbocycles. The van der Waals surface area contributed by atoms with Crippen LogP contribution in [-0.2, 0) is 16.3 Å². The van der Waals surface area contributed by atoms with Crippen molar-refractivity contribution in [3.05, 3.63) is 53.6 Å². The molecule has 6 heteroatoms. The van der Waals surface area contributed by atoms with Gasteiger partial charge in [0.1, 0.15) is 0 Å². The van der Waals surface area contributed by atoms with E-state index in [0.29, 0.717) is 15.8 Å². The third-order valence-electron chi connectivity index (χ3n) is 5.37. The van der Waals surface area contributed by atoms with Crippen molar-refractivity contribution in [1.29, 1.82) is 0 Å². The molecule has 2 heterocycles. The van der Waals surface area contributed by atoms with Crippen LogP contribution in [0.5, 0.6) is 0 Å². The van der Waals surface area contributed by atoms with Crippen molar-refractivity contribution in [3.8, 4) is 0 Å². The largest absolute Gasteiger partial charge is 0.368 e. The molecule has 1 fully saturated rings. The first-order chi connectivity index (χ1) is 12.1. The van der Waals surface area contributed by atoms with Crippen LogP contribution in [0.1, 0.15) is 24.0 Å². The van der Waals surface area contributed by atoms with Crippen LogP contribution in [0.25, 0.3) is 0 Å². The second-order valence-electron chi connectivity index (χ2n) is 7.03. The summed E-state index contributed by atoms with van der Waals surface area (Å²) in [6.07, 6.45) is 3.24. The van der Waals surface area contributed by atoms with Crippen LogP contribution in [0.2, 0.25) is 0 Å². The molecule has 0 radical (unpaired) electrons. The molecule has 26 heavy (non-hydrogen) atoms. The summed E-state index contributed by atoms with van der Waals surface area (Å²) in [6.45, 7) is 5.09. The molecular weight excluding hydrogens is 368 g/mol. The molecule has 4 nitrogen and oxygen atoms in total. The lowest BCUT2D eigenvalue weighted by atomic mass is 10.0. The van der Waals surface area contributed by atoms with Gasteiger partial charge in [0.25, 0.3) is 0 Å². The van der Waals surface area contributed by atoms with Crippen molar-refractivity contribution in [2.24, 2.45) is 0 Å². The second kappa shape index (κ2) is 7.59. The highest BCUT2D eigenvalue weighted by Crippen LogP contribution is 2.34. The minimum Gasteiger partial charge on any atom is -0.368 e. The number of piperidine rings is 1. The Morgan fingerprint density at radius 1 is 1.00 bits per heavy atom. The zero-order chi connectivity index (χ0) is 17.4. The van der Waals surface area contributed by atoms with E-state index >= 15 is 0 Å². The molecule has 0 spiro atoms. The molecule has 2 aromatic rings. The van der Waals surface area contributed by atoms with Gasteiger partial charge in [-0.2, -0.15) is 0 Å². The van der Waals surface area contributed by atoms with E-state index in [9.17, 15) is 8.42 Å². The Kier molecular flexibility index (Phi) is 5.61. The highest BCUT2D eigenvalue weighted by Gasteiger charge is 2.28. The van der Waals surface area contributed by atoms with Crippen LogP contribution in [0, 0.1) is 6.92 Å². The van der Waals surface area contributed by atoms with Gasteiger partial charge in [-0.3, -0.25) is 0 Å².